The highest BCUT2D eigenvalue weighted by molar-refractivity contribution is 5.96. The zero-order chi connectivity index (χ0) is 13.8. The van der Waals surface area contributed by atoms with Crippen LogP contribution in [0, 0.1) is 0 Å². The third-order valence-electron chi connectivity index (χ3n) is 3.86. The van der Waals surface area contributed by atoms with Crippen molar-refractivity contribution in [3.63, 3.8) is 0 Å². The highest BCUT2D eigenvalue weighted by Crippen LogP contribution is 2.27. The van der Waals surface area contributed by atoms with Gasteiger partial charge in [0.25, 0.3) is 5.91 Å². The molecule has 1 amide bonds. The SMILES string of the molecule is CCC(CC)(NC(=O)C1(C)CCCO1)C(N)=NO. The molecule has 1 aliphatic rings. The van der Waals surface area contributed by atoms with E-state index in [1.807, 2.05) is 13.8 Å². The highest BCUT2D eigenvalue weighted by atomic mass is 16.5. The number of hydrogen-bond donors (Lipinski definition) is 3. The molecule has 6 nitrogen and oxygen atoms in total. The maximum absolute atomic E-state index is 12.3. The first-order chi connectivity index (χ1) is 8.44. The smallest absolute Gasteiger partial charge is 0.252 e. The minimum absolute atomic E-state index is 0.0300. The van der Waals surface area contributed by atoms with Gasteiger partial charge in [-0.1, -0.05) is 19.0 Å². The van der Waals surface area contributed by atoms with Crippen molar-refractivity contribution in [2.24, 2.45) is 10.9 Å². The molecule has 0 bridgehead atoms. The first-order valence-corrected chi connectivity index (χ1v) is 6.38. The van der Waals surface area contributed by atoms with E-state index in [1.165, 1.54) is 0 Å². The molecule has 1 fully saturated rings. The van der Waals surface area contributed by atoms with E-state index in [-0.39, 0.29) is 11.7 Å². The Labute approximate surface area is 108 Å². The van der Waals surface area contributed by atoms with Crippen molar-refractivity contribution in [1.29, 1.82) is 0 Å². The van der Waals surface area contributed by atoms with Crippen molar-refractivity contribution in [2.45, 2.75) is 57.6 Å². The Kier molecular flexibility index (Phi) is 4.56. The molecule has 1 aliphatic heterocycles. The van der Waals surface area contributed by atoms with Crippen molar-refractivity contribution in [3.05, 3.63) is 0 Å². The van der Waals surface area contributed by atoms with Crippen LogP contribution in [0.15, 0.2) is 5.16 Å². The van der Waals surface area contributed by atoms with Gasteiger partial charge >= 0.3 is 0 Å². The van der Waals surface area contributed by atoms with Gasteiger partial charge in [0.1, 0.15) is 11.1 Å². The number of nitrogens with zero attached hydrogens (tertiary/aromatic N) is 1. The van der Waals surface area contributed by atoms with Crippen LogP contribution in [-0.4, -0.2) is 34.7 Å². The maximum atomic E-state index is 12.3. The third-order valence-corrected chi connectivity index (χ3v) is 3.86. The molecule has 1 atom stereocenters. The molecule has 0 saturated carbocycles. The molecule has 1 heterocycles. The number of oxime groups is 1. The molecule has 4 N–H and O–H groups in total. The molecular weight excluding hydrogens is 234 g/mol. The molecule has 0 radical (unpaired) electrons. The van der Waals surface area contributed by atoms with Crippen molar-refractivity contribution in [2.75, 3.05) is 6.61 Å². The molecule has 1 unspecified atom stereocenters. The summed E-state index contributed by atoms with van der Waals surface area (Å²) in [4.78, 5) is 12.3. The van der Waals surface area contributed by atoms with Crippen LogP contribution in [0.1, 0.15) is 46.5 Å². The van der Waals surface area contributed by atoms with E-state index < -0.39 is 11.1 Å². The maximum Gasteiger partial charge on any atom is 0.252 e. The first kappa shape index (κ1) is 14.8. The Morgan fingerprint density at radius 1 is 1.56 bits per heavy atom. The quantitative estimate of drug-likeness (QED) is 0.296. The molecule has 1 saturated heterocycles. The van der Waals surface area contributed by atoms with Gasteiger partial charge in [0.2, 0.25) is 0 Å². The molecular formula is C12H23N3O3. The average molecular weight is 257 g/mol. The van der Waals surface area contributed by atoms with Crippen molar-refractivity contribution < 1.29 is 14.7 Å². The topological polar surface area (TPSA) is 96.9 Å². The van der Waals surface area contributed by atoms with Crippen LogP contribution in [0.4, 0.5) is 0 Å². The first-order valence-electron chi connectivity index (χ1n) is 6.38. The largest absolute Gasteiger partial charge is 0.409 e. The van der Waals surface area contributed by atoms with Gasteiger partial charge in [-0.2, -0.15) is 0 Å². The van der Waals surface area contributed by atoms with Crippen LogP contribution in [0.3, 0.4) is 0 Å². The summed E-state index contributed by atoms with van der Waals surface area (Å²) >= 11 is 0. The number of ether oxygens (including phenoxy) is 1. The van der Waals surface area contributed by atoms with E-state index in [0.717, 1.165) is 6.42 Å². The van der Waals surface area contributed by atoms with E-state index in [9.17, 15) is 4.79 Å². The predicted octanol–water partition coefficient (Wildman–Crippen LogP) is 0.977. The van der Waals surface area contributed by atoms with Gasteiger partial charge in [0.05, 0.1) is 0 Å². The van der Waals surface area contributed by atoms with Crippen molar-refractivity contribution in [3.8, 4) is 0 Å². The summed E-state index contributed by atoms with van der Waals surface area (Å²) in [7, 11) is 0. The number of nitrogens with one attached hydrogen (secondary N) is 1. The minimum Gasteiger partial charge on any atom is -0.409 e. The van der Waals surface area contributed by atoms with Gasteiger partial charge in [0.15, 0.2) is 5.84 Å². The number of carbonyl (C=O) groups is 1. The van der Waals surface area contributed by atoms with E-state index in [4.69, 9.17) is 15.7 Å². The summed E-state index contributed by atoms with van der Waals surface area (Å²) < 4.78 is 5.50. The zero-order valence-corrected chi connectivity index (χ0v) is 11.3. The summed E-state index contributed by atoms with van der Waals surface area (Å²) in [5, 5.41) is 14.8. The highest BCUT2D eigenvalue weighted by Gasteiger charge is 2.42. The lowest BCUT2D eigenvalue weighted by Gasteiger charge is -2.34. The fourth-order valence-corrected chi connectivity index (χ4v) is 2.26. The molecule has 18 heavy (non-hydrogen) atoms. The van der Waals surface area contributed by atoms with Crippen LogP contribution < -0.4 is 11.1 Å². The van der Waals surface area contributed by atoms with Crippen molar-refractivity contribution in [1.82, 2.24) is 5.32 Å². The Hall–Kier alpha value is -1.30. The normalized spacial score (nSPS) is 25.2. The molecule has 0 aromatic carbocycles. The Bertz CT molecular complexity index is 331. The fourth-order valence-electron chi connectivity index (χ4n) is 2.26. The van der Waals surface area contributed by atoms with Gasteiger partial charge in [0, 0.05) is 6.61 Å². The Morgan fingerprint density at radius 3 is 2.56 bits per heavy atom. The molecule has 1 rings (SSSR count). The summed E-state index contributed by atoms with van der Waals surface area (Å²) in [6.45, 7) is 6.15. The van der Waals surface area contributed by atoms with E-state index in [1.54, 1.807) is 6.92 Å². The number of rotatable bonds is 5. The van der Waals surface area contributed by atoms with E-state index in [2.05, 4.69) is 10.5 Å². The zero-order valence-electron chi connectivity index (χ0n) is 11.3. The molecule has 0 spiro atoms. The molecule has 0 aromatic rings. The van der Waals surface area contributed by atoms with Gasteiger partial charge in [-0.25, -0.2) is 0 Å². The lowest BCUT2D eigenvalue weighted by atomic mass is 9.89. The van der Waals surface area contributed by atoms with Crippen LogP contribution >= 0.6 is 0 Å². The monoisotopic (exact) mass is 257 g/mol. The molecule has 0 aromatic heterocycles. The van der Waals surface area contributed by atoms with E-state index in [0.29, 0.717) is 25.9 Å². The van der Waals surface area contributed by atoms with Crippen LogP contribution in [0.2, 0.25) is 0 Å². The lowest BCUT2D eigenvalue weighted by molar-refractivity contribution is -0.141. The predicted molar refractivity (Wildman–Crippen MR) is 68.5 cm³/mol. The summed E-state index contributed by atoms with van der Waals surface area (Å²) in [6.07, 6.45) is 2.68. The van der Waals surface area contributed by atoms with Gasteiger partial charge < -0.3 is 21.0 Å². The Balaban J connectivity index is 2.87. The second-order valence-electron chi connectivity index (χ2n) is 4.91. The summed E-state index contributed by atoms with van der Waals surface area (Å²) in [6, 6.07) is 0. The summed E-state index contributed by atoms with van der Waals surface area (Å²) in [5.41, 5.74) is 4.10. The Morgan fingerprint density at radius 2 is 2.17 bits per heavy atom. The standard InChI is InChI=1S/C12H23N3O3/c1-4-12(5-2,9(13)15-17)14-10(16)11(3)7-6-8-18-11/h17H,4-8H2,1-3H3,(H2,13,15)(H,14,16). The van der Waals surface area contributed by atoms with Gasteiger partial charge in [-0.3, -0.25) is 4.79 Å². The number of amidine groups is 1. The second-order valence-corrected chi connectivity index (χ2v) is 4.91. The molecule has 0 aliphatic carbocycles. The fraction of sp³-hybridized carbons (Fsp3) is 0.833. The van der Waals surface area contributed by atoms with Crippen molar-refractivity contribution >= 4 is 11.7 Å². The lowest BCUT2D eigenvalue weighted by Crippen LogP contribution is -2.61. The average Bonchev–Trinajstić information content (AvgIpc) is 2.83. The van der Waals surface area contributed by atoms with Gasteiger partial charge in [-0.15, -0.1) is 0 Å². The van der Waals surface area contributed by atoms with E-state index >= 15 is 0 Å². The van der Waals surface area contributed by atoms with Crippen LogP contribution in [0.25, 0.3) is 0 Å². The number of amides is 1. The van der Waals surface area contributed by atoms with Gasteiger partial charge in [-0.05, 0) is 32.6 Å². The molecule has 6 heteroatoms. The number of nitrogens with two attached hydrogens (primary N) is 1. The van der Waals surface area contributed by atoms with Crippen LogP contribution in [-0.2, 0) is 9.53 Å². The number of hydrogen-bond acceptors (Lipinski definition) is 4. The number of carbonyl (C=O) groups excluding carboxylic acids is 1. The third kappa shape index (κ3) is 2.58. The second kappa shape index (κ2) is 5.56. The summed E-state index contributed by atoms with van der Waals surface area (Å²) in [5.74, 6) is -0.169. The molecule has 104 valence electrons. The minimum atomic E-state index is -0.805. The van der Waals surface area contributed by atoms with Crippen LogP contribution in [0.5, 0.6) is 0 Å².